The van der Waals surface area contributed by atoms with Crippen molar-refractivity contribution in [2.75, 3.05) is 13.1 Å². The van der Waals surface area contributed by atoms with Crippen molar-refractivity contribution in [2.45, 2.75) is 25.1 Å². The van der Waals surface area contributed by atoms with Crippen LogP contribution in [0.3, 0.4) is 0 Å². The van der Waals surface area contributed by atoms with Crippen molar-refractivity contribution < 1.29 is 4.79 Å². The number of carbonyl (C=O) groups excluding carboxylic acids is 1. The molecule has 0 radical (unpaired) electrons. The zero-order valence-electron chi connectivity index (χ0n) is 9.61. The Morgan fingerprint density at radius 3 is 2.94 bits per heavy atom. The number of hydrogen-bond acceptors (Lipinski definition) is 2. The van der Waals surface area contributed by atoms with Gasteiger partial charge in [-0.2, -0.15) is 5.10 Å². The quantitative estimate of drug-likeness (QED) is 0.700. The molecule has 1 amide bonds. The van der Waals surface area contributed by atoms with E-state index in [-0.39, 0.29) is 11.3 Å². The van der Waals surface area contributed by atoms with E-state index in [9.17, 15) is 4.79 Å². The summed E-state index contributed by atoms with van der Waals surface area (Å²) < 4.78 is 1.63. The Bertz CT molecular complexity index is 402. The Balaban J connectivity index is 2.15. The third kappa shape index (κ3) is 2.21. The molecular formula is C11H16ClN3O. The van der Waals surface area contributed by atoms with Crippen LogP contribution in [0.15, 0.2) is 6.07 Å². The highest BCUT2D eigenvalue weighted by Crippen LogP contribution is 2.17. The van der Waals surface area contributed by atoms with Crippen molar-refractivity contribution in [3.63, 3.8) is 0 Å². The van der Waals surface area contributed by atoms with E-state index in [4.69, 9.17) is 11.6 Å². The summed E-state index contributed by atoms with van der Waals surface area (Å²) in [7, 11) is 1.79. The number of piperidine rings is 1. The van der Waals surface area contributed by atoms with Gasteiger partial charge in [0.15, 0.2) is 0 Å². The Kier molecular flexibility index (Phi) is 3.19. The van der Waals surface area contributed by atoms with Crippen molar-refractivity contribution in [3.05, 3.63) is 17.5 Å². The van der Waals surface area contributed by atoms with Gasteiger partial charge in [-0.15, -0.1) is 11.6 Å². The number of halogens is 1. The zero-order valence-corrected chi connectivity index (χ0v) is 10.4. The maximum atomic E-state index is 12.2. The Hall–Kier alpha value is -1.03. The van der Waals surface area contributed by atoms with Crippen molar-refractivity contribution in [2.24, 2.45) is 7.05 Å². The molecule has 5 heteroatoms. The first kappa shape index (κ1) is 11.5. The lowest BCUT2D eigenvalue weighted by Crippen LogP contribution is -2.41. The van der Waals surface area contributed by atoms with Crippen LogP contribution in [0, 0.1) is 6.92 Å². The average Bonchev–Trinajstić information content (AvgIpc) is 2.57. The number of carbonyl (C=O) groups is 1. The summed E-state index contributed by atoms with van der Waals surface area (Å²) in [5, 5.41) is 4.27. The minimum Gasteiger partial charge on any atom is -0.336 e. The van der Waals surface area contributed by atoms with Gasteiger partial charge >= 0.3 is 0 Å². The number of alkyl halides is 1. The van der Waals surface area contributed by atoms with Gasteiger partial charge in [0.25, 0.3) is 5.91 Å². The maximum absolute atomic E-state index is 12.2. The standard InChI is InChI=1S/C11H16ClN3O/c1-8-6-10(14(2)13-8)11(16)15-5-3-4-9(12)7-15/h6,9H,3-5,7H2,1-2H3. The molecule has 0 aromatic carbocycles. The Labute approximate surface area is 100 Å². The summed E-state index contributed by atoms with van der Waals surface area (Å²) in [6, 6.07) is 1.82. The van der Waals surface area contributed by atoms with E-state index in [2.05, 4.69) is 5.10 Å². The molecule has 1 unspecified atom stereocenters. The Morgan fingerprint density at radius 1 is 1.62 bits per heavy atom. The highest BCUT2D eigenvalue weighted by molar-refractivity contribution is 6.21. The molecule has 0 bridgehead atoms. The van der Waals surface area contributed by atoms with Crippen molar-refractivity contribution in [1.82, 2.24) is 14.7 Å². The van der Waals surface area contributed by atoms with E-state index in [0.717, 1.165) is 25.1 Å². The van der Waals surface area contributed by atoms with Gasteiger partial charge in [-0.25, -0.2) is 0 Å². The molecule has 0 spiro atoms. The summed E-state index contributed by atoms with van der Waals surface area (Å²) in [4.78, 5) is 14.0. The number of hydrogen-bond donors (Lipinski definition) is 0. The lowest BCUT2D eigenvalue weighted by atomic mass is 10.1. The summed E-state index contributed by atoms with van der Waals surface area (Å²) in [5.74, 6) is 0.0356. The number of likely N-dealkylation sites (tertiary alicyclic amines) is 1. The summed E-state index contributed by atoms with van der Waals surface area (Å²) >= 11 is 6.07. The molecule has 1 saturated heterocycles. The Morgan fingerprint density at radius 2 is 2.38 bits per heavy atom. The lowest BCUT2D eigenvalue weighted by molar-refractivity contribution is 0.0716. The van der Waals surface area contributed by atoms with Crippen LogP contribution in [0.5, 0.6) is 0 Å². The number of nitrogens with zero attached hydrogens (tertiary/aromatic N) is 3. The molecule has 0 N–H and O–H groups in total. The summed E-state index contributed by atoms with van der Waals surface area (Å²) in [6.45, 7) is 3.33. The average molecular weight is 242 g/mol. The van der Waals surface area contributed by atoms with Crippen molar-refractivity contribution >= 4 is 17.5 Å². The first-order valence-electron chi connectivity index (χ1n) is 5.52. The predicted molar refractivity (Wildman–Crippen MR) is 62.7 cm³/mol. The smallest absolute Gasteiger partial charge is 0.272 e. The fourth-order valence-electron chi connectivity index (χ4n) is 2.08. The summed E-state index contributed by atoms with van der Waals surface area (Å²) in [6.07, 6.45) is 1.98. The van der Waals surface area contributed by atoms with E-state index in [0.29, 0.717) is 12.2 Å². The molecule has 0 saturated carbocycles. The minimum absolute atomic E-state index is 0.0356. The first-order valence-corrected chi connectivity index (χ1v) is 5.95. The van der Waals surface area contributed by atoms with Gasteiger partial charge in [0.2, 0.25) is 0 Å². The molecule has 0 aliphatic carbocycles. The van der Waals surface area contributed by atoms with Crippen LogP contribution in [-0.2, 0) is 7.05 Å². The molecular weight excluding hydrogens is 226 g/mol. The lowest BCUT2D eigenvalue weighted by Gasteiger charge is -2.29. The van der Waals surface area contributed by atoms with Crippen LogP contribution < -0.4 is 0 Å². The van der Waals surface area contributed by atoms with Crippen LogP contribution in [0.1, 0.15) is 29.0 Å². The highest BCUT2D eigenvalue weighted by atomic mass is 35.5. The van der Waals surface area contributed by atoms with Gasteiger partial charge in [-0.05, 0) is 25.8 Å². The molecule has 4 nitrogen and oxygen atoms in total. The molecule has 1 atom stereocenters. The normalized spacial score (nSPS) is 21.2. The minimum atomic E-state index is 0.0356. The molecule has 88 valence electrons. The van der Waals surface area contributed by atoms with Crippen LogP contribution >= 0.6 is 11.6 Å². The fraction of sp³-hybridized carbons (Fsp3) is 0.636. The molecule has 1 aromatic heterocycles. The fourth-order valence-corrected chi connectivity index (χ4v) is 2.40. The predicted octanol–water partition coefficient (Wildman–Crippen LogP) is 1.57. The molecule has 1 aliphatic heterocycles. The molecule has 2 rings (SSSR count). The molecule has 16 heavy (non-hydrogen) atoms. The number of aromatic nitrogens is 2. The number of aryl methyl sites for hydroxylation is 2. The molecule has 2 heterocycles. The molecule has 1 fully saturated rings. The number of amides is 1. The first-order chi connectivity index (χ1) is 7.58. The third-order valence-electron chi connectivity index (χ3n) is 2.87. The van der Waals surface area contributed by atoms with E-state index in [1.54, 1.807) is 11.7 Å². The van der Waals surface area contributed by atoms with Crippen LogP contribution in [0.2, 0.25) is 0 Å². The van der Waals surface area contributed by atoms with Gasteiger partial charge in [0.1, 0.15) is 5.69 Å². The topological polar surface area (TPSA) is 38.1 Å². The van der Waals surface area contributed by atoms with Gasteiger partial charge in [-0.1, -0.05) is 0 Å². The van der Waals surface area contributed by atoms with Crippen molar-refractivity contribution in [1.29, 1.82) is 0 Å². The largest absolute Gasteiger partial charge is 0.336 e. The number of rotatable bonds is 1. The van der Waals surface area contributed by atoms with E-state index < -0.39 is 0 Å². The van der Waals surface area contributed by atoms with E-state index in [1.807, 2.05) is 17.9 Å². The highest BCUT2D eigenvalue weighted by Gasteiger charge is 2.25. The zero-order chi connectivity index (χ0) is 11.7. The monoisotopic (exact) mass is 241 g/mol. The van der Waals surface area contributed by atoms with Gasteiger partial charge in [0.05, 0.1) is 11.1 Å². The molecule has 1 aliphatic rings. The second-order valence-electron chi connectivity index (χ2n) is 4.29. The maximum Gasteiger partial charge on any atom is 0.272 e. The third-order valence-corrected chi connectivity index (χ3v) is 3.23. The molecule has 1 aromatic rings. The van der Waals surface area contributed by atoms with Gasteiger partial charge in [0, 0.05) is 20.1 Å². The summed E-state index contributed by atoms with van der Waals surface area (Å²) in [5.41, 5.74) is 1.51. The van der Waals surface area contributed by atoms with Crippen LogP contribution in [-0.4, -0.2) is 39.1 Å². The SMILES string of the molecule is Cc1cc(C(=O)N2CCCC(Cl)C2)n(C)n1. The van der Waals surface area contributed by atoms with Gasteiger partial charge in [-0.3, -0.25) is 9.48 Å². The van der Waals surface area contributed by atoms with Gasteiger partial charge < -0.3 is 4.90 Å². The van der Waals surface area contributed by atoms with E-state index in [1.165, 1.54) is 0 Å². The van der Waals surface area contributed by atoms with Crippen LogP contribution in [0.25, 0.3) is 0 Å². The van der Waals surface area contributed by atoms with Crippen molar-refractivity contribution in [3.8, 4) is 0 Å². The van der Waals surface area contributed by atoms with E-state index >= 15 is 0 Å². The second-order valence-corrected chi connectivity index (χ2v) is 4.90. The van der Waals surface area contributed by atoms with Crippen LogP contribution in [0.4, 0.5) is 0 Å². The second kappa shape index (κ2) is 4.45.